The van der Waals surface area contributed by atoms with E-state index in [9.17, 15) is 0 Å². The number of thioether (sulfide) groups is 1. The summed E-state index contributed by atoms with van der Waals surface area (Å²) in [5, 5.41) is 2.17. The molecule has 3 heterocycles. The van der Waals surface area contributed by atoms with E-state index in [-0.39, 0.29) is 19.2 Å². The molecule has 0 fully saturated rings. The summed E-state index contributed by atoms with van der Waals surface area (Å²) < 4.78 is 24.6. The zero-order valence-corrected chi connectivity index (χ0v) is 17.2. The number of hydrogen-bond acceptors (Lipinski definition) is 5. The highest BCUT2D eigenvalue weighted by molar-refractivity contribution is 7.99. The Balaban J connectivity index is 0.00000192. The minimum Gasteiger partial charge on any atom is -1.00 e. The van der Waals surface area contributed by atoms with Gasteiger partial charge in [0.15, 0.2) is 29.2 Å². The molecule has 0 saturated heterocycles. The molecule has 7 heteroatoms. The highest BCUT2D eigenvalue weighted by atomic mass is 35.5. The van der Waals surface area contributed by atoms with Crippen LogP contribution in [0.2, 0.25) is 0 Å². The summed E-state index contributed by atoms with van der Waals surface area (Å²) >= 11 is 1.88. The van der Waals surface area contributed by atoms with Crippen molar-refractivity contribution >= 4 is 22.5 Å². The monoisotopic (exact) mass is 417 g/mol. The van der Waals surface area contributed by atoms with Gasteiger partial charge in [-0.15, -0.1) is 11.8 Å². The van der Waals surface area contributed by atoms with E-state index >= 15 is 0 Å². The van der Waals surface area contributed by atoms with Gasteiger partial charge in [-0.2, -0.15) is 4.57 Å². The lowest BCUT2D eigenvalue weighted by atomic mass is 10.0. The molecule has 0 N–H and O–H groups in total. The molecular weight excluding hydrogens is 398 g/mol. The van der Waals surface area contributed by atoms with Crippen LogP contribution in [0.25, 0.3) is 22.0 Å². The zero-order valence-electron chi connectivity index (χ0n) is 15.7. The van der Waals surface area contributed by atoms with Gasteiger partial charge in [-0.3, -0.25) is 0 Å². The number of hydrogen-bond donors (Lipinski definition) is 0. The standard InChI is InChI=1S/C21H20NO4S.ClH/c1-23-17-5-4-13-8-16-14-9-18-19(26-12-25-18)10-20(14)27-7-3-6-22(16)11-15(13)21(17)24-2;/h4-5,8-11H,3,6-7,12H2,1-2H3;1H/q+1;/p-1. The van der Waals surface area contributed by atoms with Gasteiger partial charge >= 0.3 is 0 Å². The van der Waals surface area contributed by atoms with Crippen LogP contribution >= 0.6 is 11.8 Å². The summed E-state index contributed by atoms with van der Waals surface area (Å²) in [4.78, 5) is 1.23. The van der Waals surface area contributed by atoms with Crippen molar-refractivity contribution in [2.24, 2.45) is 0 Å². The molecule has 146 valence electrons. The second-order valence-electron chi connectivity index (χ2n) is 6.56. The Morgan fingerprint density at radius 2 is 1.86 bits per heavy atom. The molecule has 0 radical (unpaired) electrons. The van der Waals surface area contributed by atoms with E-state index in [1.54, 1.807) is 14.2 Å². The van der Waals surface area contributed by atoms with Gasteiger partial charge < -0.3 is 31.4 Å². The molecule has 5 nitrogen and oxygen atoms in total. The van der Waals surface area contributed by atoms with Gasteiger partial charge in [0.2, 0.25) is 12.5 Å². The van der Waals surface area contributed by atoms with Gasteiger partial charge in [-0.05, 0) is 29.7 Å². The fraction of sp³-hybridized carbons (Fsp3) is 0.286. The molecule has 1 aromatic heterocycles. The molecule has 28 heavy (non-hydrogen) atoms. The van der Waals surface area contributed by atoms with Gasteiger partial charge in [0, 0.05) is 23.1 Å². The summed E-state index contributed by atoms with van der Waals surface area (Å²) in [5.41, 5.74) is 2.36. The molecule has 0 unspecified atom stereocenters. The maximum Gasteiger partial charge on any atom is 0.231 e. The van der Waals surface area contributed by atoms with Crippen molar-refractivity contribution < 1.29 is 35.9 Å². The third-order valence-electron chi connectivity index (χ3n) is 5.06. The first-order chi connectivity index (χ1) is 13.3. The SMILES string of the molecule is COc1ccc2cc3[n+](cc2c1OC)CCCSc1cc2c(cc1-3)OCO2.[Cl-]. The number of ether oxygens (including phenoxy) is 4. The number of aromatic nitrogens is 1. The summed E-state index contributed by atoms with van der Waals surface area (Å²) in [6, 6.07) is 10.5. The Kier molecular flexibility index (Phi) is 5.17. The molecule has 0 spiro atoms. The lowest BCUT2D eigenvalue weighted by Crippen LogP contribution is -3.00. The number of halogens is 1. The van der Waals surface area contributed by atoms with Crippen LogP contribution in [-0.2, 0) is 6.54 Å². The summed E-state index contributed by atoms with van der Waals surface area (Å²) in [6.45, 7) is 1.24. The molecule has 2 aromatic carbocycles. The van der Waals surface area contributed by atoms with E-state index in [0.29, 0.717) is 0 Å². The largest absolute Gasteiger partial charge is 1.00 e. The Labute approximate surface area is 174 Å². The van der Waals surface area contributed by atoms with Crippen molar-refractivity contribution in [1.29, 1.82) is 0 Å². The maximum atomic E-state index is 5.65. The van der Waals surface area contributed by atoms with Crippen molar-refractivity contribution in [2.45, 2.75) is 17.9 Å². The molecule has 2 aliphatic heterocycles. The van der Waals surface area contributed by atoms with E-state index in [0.717, 1.165) is 52.5 Å². The fourth-order valence-electron chi connectivity index (χ4n) is 3.76. The summed E-state index contributed by atoms with van der Waals surface area (Å²) in [6.07, 6.45) is 3.27. The highest BCUT2D eigenvalue weighted by Crippen LogP contribution is 2.44. The molecular formula is C21H20ClNO4S. The smallest absolute Gasteiger partial charge is 0.231 e. The molecule has 0 amide bonds. The molecule has 0 bridgehead atoms. The van der Waals surface area contributed by atoms with Crippen molar-refractivity contribution in [1.82, 2.24) is 0 Å². The molecule has 0 saturated carbocycles. The lowest BCUT2D eigenvalue weighted by Gasteiger charge is -2.16. The van der Waals surface area contributed by atoms with E-state index in [1.807, 2.05) is 17.8 Å². The third-order valence-corrected chi connectivity index (χ3v) is 6.20. The van der Waals surface area contributed by atoms with Gasteiger partial charge in [0.25, 0.3) is 0 Å². The van der Waals surface area contributed by atoms with Crippen molar-refractivity contribution in [3.05, 3.63) is 36.5 Å². The lowest BCUT2D eigenvalue weighted by molar-refractivity contribution is -0.685. The van der Waals surface area contributed by atoms with Gasteiger partial charge in [0.1, 0.15) is 6.54 Å². The Hall–Kier alpha value is -2.31. The van der Waals surface area contributed by atoms with Crippen molar-refractivity contribution in [3.63, 3.8) is 0 Å². The van der Waals surface area contributed by atoms with Crippen LogP contribution in [0.3, 0.4) is 0 Å². The number of aryl methyl sites for hydroxylation is 1. The molecule has 0 aliphatic carbocycles. The van der Waals surface area contributed by atoms with E-state index < -0.39 is 0 Å². The molecule has 5 rings (SSSR count). The van der Waals surface area contributed by atoms with Crippen LogP contribution in [0.4, 0.5) is 0 Å². The normalized spacial score (nSPS) is 14.4. The number of pyridine rings is 1. The van der Waals surface area contributed by atoms with Crippen molar-refractivity contribution in [2.75, 3.05) is 26.8 Å². The Morgan fingerprint density at radius 3 is 2.64 bits per heavy atom. The first-order valence-corrected chi connectivity index (χ1v) is 9.92. The van der Waals surface area contributed by atoms with Gasteiger partial charge in [0.05, 0.1) is 25.2 Å². The van der Waals surface area contributed by atoms with Crippen LogP contribution in [0, 0.1) is 0 Å². The zero-order chi connectivity index (χ0) is 18.4. The van der Waals surface area contributed by atoms with Crippen LogP contribution in [-0.4, -0.2) is 26.8 Å². The third kappa shape index (κ3) is 3.01. The van der Waals surface area contributed by atoms with Crippen molar-refractivity contribution in [3.8, 4) is 34.3 Å². The van der Waals surface area contributed by atoms with E-state index in [1.165, 1.54) is 16.2 Å². The Bertz CT molecular complexity index is 1060. The topological polar surface area (TPSA) is 40.8 Å². The first kappa shape index (κ1) is 19.0. The first-order valence-electron chi connectivity index (χ1n) is 8.93. The number of fused-ring (bicyclic) bond motifs is 5. The minimum atomic E-state index is 0. The second kappa shape index (κ2) is 7.60. The summed E-state index contributed by atoms with van der Waals surface area (Å²) in [7, 11) is 3.35. The van der Waals surface area contributed by atoms with Crippen LogP contribution in [0.1, 0.15) is 6.42 Å². The Morgan fingerprint density at radius 1 is 1.04 bits per heavy atom. The molecule has 2 aliphatic rings. The predicted octanol–water partition coefficient (Wildman–Crippen LogP) is 1.04. The second-order valence-corrected chi connectivity index (χ2v) is 7.70. The predicted molar refractivity (Wildman–Crippen MR) is 104 cm³/mol. The number of methoxy groups -OCH3 is 2. The van der Waals surface area contributed by atoms with Crippen LogP contribution in [0.5, 0.6) is 23.0 Å². The van der Waals surface area contributed by atoms with Gasteiger partial charge in [-0.25, -0.2) is 0 Å². The maximum absolute atomic E-state index is 5.65. The number of rotatable bonds is 2. The van der Waals surface area contributed by atoms with Crippen LogP contribution in [0.15, 0.2) is 41.4 Å². The minimum absolute atomic E-state index is 0. The van der Waals surface area contributed by atoms with E-state index in [2.05, 4.69) is 35.0 Å². The average Bonchev–Trinajstić information content (AvgIpc) is 3.15. The quantitative estimate of drug-likeness (QED) is 0.583. The number of benzene rings is 2. The number of nitrogens with zero attached hydrogens (tertiary/aromatic N) is 1. The molecule has 0 atom stereocenters. The highest BCUT2D eigenvalue weighted by Gasteiger charge is 2.26. The fourth-order valence-corrected chi connectivity index (χ4v) is 4.76. The van der Waals surface area contributed by atoms with E-state index in [4.69, 9.17) is 18.9 Å². The van der Waals surface area contributed by atoms with Crippen LogP contribution < -0.4 is 35.9 Å². The molecule has 3 aromatic rings. The summed E-state index contributed by atoms with van der Waals surface area (Å²) in [5.74, 6) is 4.23. The van der Waals surface area contributed by atoms with Gasteiger partial charge in [-0.1, -0.05) is 0 Å². The average molecular weight is 418 g/mol.